The molecule has 6 N–H and O–H groups in total. The summed E-state index contributed by atoms with van der Waals surface area (Å²) < 4.78 is 17.4. The Morgan fingerprint density at radius 1 is 0.597 bits per heavy atom. The molecule has 1 rings (SSSR count). The van der Waals surface area contributed by atoms with Crippen molar-refractivity contribution in [1.82, 2.24) is 5.32 Å². The quantitative estimate of drug-likeness (QED) is 0.0150. The third-order valence-electron chi connectivity index (χ3n) is 11.9. The van der Waals surface area contributed by atoms with Crippen LogP contribution < -0.4 is 5.32 Å². The van der Waals surface area contributed by atoms with Gasteiger partial charge in [0.25, 0.3) is 0 Å². The maximum atomic E-state index is 13.3. The Morgan fingerprint density at radius 2 is 1.09 bits per heavy atom. The maximum absolute atomic E-state index is 13.3. The predicted molar refractivity (Wildman–Crippen MR) is 273 cm³/mol. The fourth-order valence-electron chi connectivity index (χ4n) is 7.67. The zero-order valence-corrected chi connectivity index (χ0v) is 42.0. The molecule has 1 heterocycles. The van der Waals surface area contributed by atoms with Crippen LogP contribution in [0.1, 0.15) is 194 Å². The standard InChI is InChI=1S/C56H95NO10/c1-4-7-10-13-16-19-22-25-28-31-34-37-40-43-49(60)55(64)57-47(48(59)42-39-36-33-30-27-24-21-18-15-12-9-6-3)46-65-56-54(53(63)52(62)50(45-58)66-56)67-51(61)44-41-38-35-32-29-26-23-20-17-14-11-8-5-2/h8,11,14,17,20,23,26,28-29,31-32,35,39,42,47-50,52-54,56,58-60,62-63H,4-7,9-10,12-13,15-16,18-19,21-22,24-25,27,30,33-34,36-38,40-41,43-46H2,1-3H3,(H,57,64)/b11-8+,17-14+,23-20-,29-26-,31-28-,35-32+,42-39+. The van der Waals surface area contributed by atoms with E-state index in [1.165, 1.54) is 89.9 Å². The molecule has 384 valence electrons. The molecule has 11 nitrogen and oxygen atoms in total. The van der Waals surface area contributed by atoms with E-state index in [0.29, 0.717) is 19.3 Å². The molecule has 1 amide bonds. The zero-order chi connectivity index (χ0) is 49.0. The highest BCUT2D eigenvalue weighted by Gasteiger charge is 2.47. The van der Waals surface area contributed by atoms with Crippen LogP contribution in [0.2, 0.25) is 0 Å². The third-order valence-corrected chi connectivity index (χ3v) is 11.9. The zero-order valence-electron chi connectivity index (χ0n) is 42.0. The monoisotopic (exact) mass is 942 g/mol. The molecule has 0 bridgehead atoms. The lowest BCUT2D eigenvalue weighted by atomic mass is 9.99. The molecule has 1 aliphatic heterocycles. The largest absolute Gasteiger partial charge is 0.454 e. The SMILES string of the molecule is CC/C=C/C=C/C=C\C=C/C=C/CCCC(=O)OC1C(OCC(NC(=O)C(O)CCCC/C=C\CCCCCCCCC)C(O)/C=C/CCCCCCCCCCCC)OC(CO)C(O)C1O. The Balaban J connectivity index is 2.85. The number of aliphatic hydroxyl groups is 5. The molecule has 11 heteroatoms. The average molecular weight is 942 g/mol. The van der Waals surface area contributed by atoms with E-state index in [0.717, 1.165) is 51.4 Å². The molecular weight excluding hydrogens is 847 g/mol. The highest BCUT2D eigenvalue weighted by atomic mass is 16.7. The summed E-state index contributed by atoms with van der Waals surface area (Å²) in [5.74, 6) is -1.30. The van der Waals surface area contributed by atoms with Gasteiger partial charge in [0.15, 0.2) is 12.4 Å². The van der Waals surface area contributed by atoms with E-state index in [-0.39, 0.29) is 19.4 Å². The fourth-order valence-corrected chi connectivity index (χ4v) is 7.67. The van der Waals surface area contributed by atoms with Crippen molar-refractivity contribution >= 4 is 11.9 Å². The highest BCUT2D eigenvalue weighted by molar-refractivity contribution is 5.80. The molecule has 8 atom stereocenters. The summed E-state index contributed by atoms with van der Waals surface area (Å²) in [6.07, 6.45) is 45.1. The predicted octanol–water partition coefficient (Wildman–Crippen LogP) is 11.0. The number of aliphatic hydroxyl groups excluding tert-OH is 5. The summed E-state index contributed by atoms with van der Waals surface area (Å²) in [4.78, 5) is 26.3. The first-order valence-electron chi connectivity index (χ1n) is 26.4. The molecule has 0 saturated carbocycles. The van der Waals surface area contributed by atoms with Crippen molar-refractivity contribution in [3.63, 3.8) is 0 Å². The van der Waals surface area contributed by atoms with Gasteiger partial charge >= 0.3 is 5.97 Å². The van der Waals surface area contributed by atoms with E-state index in [4.69, 9.17) is 14.2 Å². The number of esters is 1. The van der Waals surface area contributed by atoms with Crippen LogP contribution in [-0.4, -0.2) is 99.6 Å². The summed E-state index contributed by atoms with van der Waals surface area (Å²) in [7, 11) is 0. The summed E-state index contributed by atoms with van der Waals surface area (Å²) in [6.45, 7) is 5.54. The number of unbranched alkanes of at least 4 members (excludes halogenated alkanes) is 20. The topological polar surface area (TPSA) is 175 Å². The van der Waals surface area contributed by atoms with Gasteiger partial charge in [0.1, 0.15) is 24.4 Å². The van der Waals surface area contributed by atoms with Crippen molar-refractivity contribution in [1.29, 1.82) is 0 Å². The third kappa shape index (κ3) is 33.1. The molecule has 1 saturated heterocycles. The Kier molecular flexibility index (Phi) is 40.7. The molecule has 0 aliphatic carbocycles. The average Bonchev–Trinajstić information content (AvgIpc) is 3.32. The van der Waals surface area contributed by atoms with Crippen LogP contribution in [0.25, 0.3) is 0 Å². The number of nitrogens with one attached hydrogen (secondary N) is 1. The van der Waals surface area contributed by atoms with E-state index in [1.807, 2.05) is 60.8 Å². The Labute approximate surface area is 406 Å². The lowest BCUT2D eigenvalue weighted by molar-refractivity contribution is -0.305. The maximum Gasteiger partial charge on any atom is 0.306 e. The van der Waals surface area contributed by atoms with Crippen LogP contribution in [0.3, 0.4) is 0 Å². The van der Waals surface area contributed by atoms with Crippen molar-refractivity contribution in [2.75, 3.05) is 13.2 Å². The number of allylic oxidation sites excluding steroid dienone is 13. The normalized spacial score (nSPS) is 20.7. The molecule has 0 spiro atoms. The number of carbonyl (C=O) groups is 2. The second-order valence-corrected chi connectivity index (χ2v) is 18.0. The Morgan fingerprint density at radius 3 is 1.64 bits per heavy atom. The first kappa shape index (κ1) is 61.9. The van der Waals surface area contributed by atoms with Gasteiger partial charge in [-0.1, -0.05) is 209 Å². The number of ether oxygens (including phenoxy) is 3. The van der Waals surface area contributed by atoms with Gasteiger partial charge < -0.3 is 45.1 Å². The molecule has 0 radical (unpaired) electrons. The Bertz CT molecular complexity index is 1410. The van der Waals surface area contributed by atoms with Crippen LogP contribution in [0.5, 0.6) is 0 Å². The molecule has 0 aromatic carbocycles. The number of carbonyl (C=O) groups excluding carboxylic acids is 2. The van der Waals surface area contributed by atoms with Crippen molar-refractivity contribution in [3.05, 3.63) is 85.1 Å². The number of hydrogen-bond donors (Lipinski definition) is 6. The summed E-state index contributed by atoms with van der Waals surface area (Å²) in [6, 6.07) is -1.05. The first-order valence-corrected chi connectivity index (χ1v) is 26.4. The van der Waals surface area contributed by atoms with Gasteiger partial charge in [-0.15, -0.1) is 0 Å². The first-order chi connectivity index (χ1) is 32.7. The molecule has 0 aromatic rings. The van der Waals surface area contributed by atoms with Gasteiger partial charge in [-0.05, 0) is 64.2 Å². The second-order valence-electron chi connectivity index (χ2n) is 18.0. The number of rotatable bonds is 42. The van der Waals surface area contributed by atoms with Gasteiger partial charge in [-0.3, -0.25) is 9.59 Å². The van der Waals surface area contributed by atoms with Gasteiger partial charge in [0.2, 0.25) is 5.91 Å². The van der Waals surface area contributed by atoms with Crippen molar-refractivity contribution in [2.45, 2.75) is 243 Å². The van der Waals surface area contributed by atoms with E-state index in [1.54, 1.807) is 6.08 Å². The minimum absolute atomic E-state index is 0.0220. The van der Waals surface area contributed by atoms with E-state index in [2.05, 4.69) is 44.3 Å². The van der Waals surface area contributed by atoms with Gasteiger partial charge in [-0.2, -0.15) is 0 Å². The van der Waals surface area contributed by atoms with Crippen LogP contribution in [0, 0.1) is 0 Å². The number of hydrogen-bond acceptors (Lipinski definition) is 10. The molecule has 0 aromatic heterocycles. The smallest absolute Gasteiger partial charge is 0.306 e. The van der Waals surface area contributed by atoms with Crippen molar-refractivity contribution < 1.29 is 49.3 Å². The van der Waals surface area contributed by atoms with Gasteiger partial charge in [-0.25, -0.2) is 0 Å². The minimum Gasteiger partial charge on any atom is -0.454 e. The summed E-state index contributed by atoms with van der Waals surface area (Å²) >= 11 is 0. The lowest BCUT2D eigenvalue weighted by Crippen LogP contribution is -2.61. The summed E-state index contributed by atoms with van der Waals surface area (Å²) in [5, 5.41) is 56.5. The van der Waals surface area contributed by atoms with Crippen LogP contribution >= 0.6 is 0 Å². The lowest BCUT2D eigenvalue weighted by Gasteiger charge is -2.41. The van der Waals surface area contributed by atoms with Gasteiger partial charge in [0.05, 0.1) is 25.4 Å². The summed E-state index contributed by atoms with van der Waals surface area (Å²) in [5.41, 5.74) is 0. The van der Waals surface area contributed by atoms with Crippen LogP contribution in [0.4, 0.5) is 0 Å². The highest BCUT2D eigenvalue weighted by Crippen LogP contribution is 2.26. The molecule has 67 heavy (non-hydrogen) atoms. The van der Waals surface area contributed by atoms with Crippen molar-refractivity contribution in [2.24, 2.45) is 0 Å². The van der Waals surface area contributed by atoms with E-state index >= 15 is 0 Å². The number of amides is 1. The molecule has 1 fully saturated rings. The second kappa shape index (κ2) is 44.1. The van der Waals surface area contributed by atoms with Gasteiger partial charge in [0, 0.05) is 6.42 Å². The van der Waals surface area contributed by atoms with Crippen LogP contribution in [0.15, 0.2) is 85.1 Å². The van der Waals surface area contributed by atoms with E-state index < -0.39 is 67.4 Å². The van der Waals surface area contributed by atoms with E-state index in [9.17, 15) is 35.1 Å². The minimum atomic E-state index is -1.65. The Hall–Kier alpha value is -3.16. The molecular formula is C56H95NO10. The molecule has 1 aliphatic rings. The fraction of sp³-hybridized carbons (Fsp3) is 0.714. The van der Waals surface area contributed by atoms with Crippen molar-refractivity contribution in [3.8, 4) is 0 Å². The molecule has 8 unspecified atom stereocenters. The van der Waals surface area contributed by atoms with Crippen LogP contribution in [-0.2, 0) is 23.8 Å².